The van der Waals surface area contributed by atoms with E-state index >= 15 is 0 Å². The van der Waals surface area contributed by atoms with Crippen molar-refractivity contribution in [3.63, 3.8) is 0 Å². The highest BCUT2D eigenvalue weighted by Gasteiger charge is 2.35. The molecule has 6 heteroatoms. The van der Waals surface area contributed by atoms with Crippen LogP contribution in [0.4, 0.5) is 11.4 Å². The molecular formula is C53H63B4N2+. The van der Waals surface area contributed by atoms with Crippen LogP contribution < -0.4 is 4.90 Å². The molecule has 0 amide bonds. The zero-order valence-electron chi connectivity index (χ0n) is 38.0. The molecule has 4 radical (unpaired) electrons. The highest BCUT2D eigenvalue weighted by molar-refractivity contribution is 7.60. The Bertz CT molecular complexity index is 2790. The number of fused-ring (bicyclic) bond motifs is 6. The van der Waals surface area contributed by atoms with Crippen molar-refractivity contribution < 1.29 is 4.58 Å². The van der Waals surface area contributed by atoms with E-state index in [-0.39, 0.29) is 14.0 Å². The predicted octanol–water partition coefficient (Wildman–Crippen LogP) is 12.1. The molecule has 296 valence electrons. The maximum atomic E-state index is 6.68. The van der Waals surface area contributed by atoms with E-state index in [0.717, 1.165) is 36.6 Å². The second-order valence-electron chi connectivity index (χ2n) is 17.8. The lowest BCUT2D eigenvalue weighted by Crippen LogP contribution is -2.40. The van der Waals surface area contributed by atoms with Gasteiger partial charge in [0.1, 0.15) is 7.05 Å². The molecule has 59 heavy (non-hydrogen) atoms. The van der Waals surface area contributed by atoms with Crippen molar-refractivity contribution in [3.05, 3.63) is 148 Å². The van der Waals surface area contributed by atoms with Gasteiger partial charge in [0.25, 0.3) is 0 Å². The molecule has 7 rings (SSSR count). The first kappa shape index (κ1) is 44.0. The standard InChI is InChI=1S/C52H59B4N2.CH4/c1-17-19-41-23-22-40(24-43-26-45-50-34(9)30(5)28(3)32(7)48(50)36(11)38(13)52(45)58(43)16)39(14)46(55(41)56(53)54)21-18-20-42-25-44-49-33(8)29(4)27(2)31(6)47(49)35(10)37(12)51(44)57(42)15;/h18,20-21,24H,1,22-23,25-26H2,2-16H3;1H4/q+1;. The van der Waals surface area contributed by atoms with Gasteiger partial charge in [-0.3, -0.25) is 0 Å². The SMILES string of the molecule is C.[B]B([B])B1C(=C=C=C)CC/C(=C\C2=[N+](C)c3c(C)c(C)c4c(C)c(C)c(C)c(C)c4c3C2)C(C)=C1/C=C/C=C1\Cc2c(c(C)c(C)c3c(C)c(C)c(C)c(C)c23)N1C. The lowest BCUT2D eigenvalue weighted by molar-refractivity contribution is -0.401. The zero-order valence-corrected chi connectivity index (χ0v) is 38.0. The summed E-state index contributed by atoms with van der Waals surface area (Å²) in [7, 11) is 17.8. The second-order valence-corrected chi connectivity index (χ2v) is 17.8. The van der Waals surface area contributed by atoms with Crippen molar-refractivity contribution in [1.29, 1.82) is 0 Å². The van der Waals surface area contributed by atoms with Gasteiger partial charge in [0.2, 0.25) is 5.69 Å². The highest BCUT2D eigenvalue weighted by Crippen LogP contribution is 2.47. The van der Waals surface area contributed by atoms with Crippen LogP contribution in [0.3, 0.4) is 0 Å². The molecule has 0 aliphatic carbocycles. The molecule has 0 N–H and O–H groups in total. The number of anilines is 1. The normalized spacial score (nSPS) is 16.8. The van der Waals surface area contributed by atoms with Gasteiger partial charge in [-0.15, -0.1) is 0 Å². The highest BCUT2D eigenvalue weighted by atomic mass is 15.1. The fourth-order valence-electron chi connectivity index (χ4n) is 11.0. The molecule has 0 spiro atoms. The Labute approximate surface area is 360 Å². The molecular weight excluding hydrogens is 708 g/mol. The number of allylic oxidation sites excluding steroid dienone is 9. The smallest absolute Gasteiger partial charge is 0.212 e. The Morgan fingerprint density at radius 1 is 0.678 bits per heavy atom. The maximum Gasteiger partial charge on any atom is 0.212 e. The monoisotopic (exact) mass is 772 g/mol. The summed E-state index contributed by atoms with van der Waals surface area (Å²) in [6, 6.07) is 0. The van der Waals surface area contributed by atoms with Crippen molar-refractivity contribution in [2.45, 2.75) is 123 Å². The van der Waals surface area contributed by atoms with Gasteiger partial charge in [-0.25, -0.2) is 0 Å². The average molecular weight is 771 g/mol. The summed E-state index contributed by atoms with van der Waals surface area (Å²) in [5.74, 6) is 0. The molecule has 3 heterocycles. The topological polar surface area (TPSA) is 6.25 Å². The first-order valence-corrected chi connectivity index (χ1v) is 21.2. The van der Waals surface area contributed by atoms with E-state index in [9.17, 15) is 0 Å². The summed E-state index contributed by atoms with van der Waals surface area (Å²) in [6.07, 6.45) is 12.1. The van der Waals surface area contributed by atoms with E-state index in [2.05, 4.69) is 156 Å². The van der Waals surface area contributed by atoms with Crippen LogP contribution >= 0.6 is 0 Å². The van der Waals surface area contributed by atoms with Crippen LogP contribution in [0.25, 0.3) is 21.5 Å². The third-order valence-corrected chi connectivity index (χ3v) is 15.2. The number of hydrogen-bond acceptors (Lipinski definition) is 1. The van der Waals surface area contributed by atoms with Crippen LogP contribution in [0.5, 0.6) is 0 Å². The zero-order chi connectivity index (χ0) is 42.4. The van der Waals surface area contributed by atoms with E-state index in [1.165, 1.54) is 133 Å². The van der Waals surface area contributed by atoms with Crippen molar-refractivity contribution >= 4 is 67.1 Å². The third-order valence-electron chi connectivity index (χ3n) is 15.2. The number of aryl methyl sites for hydroxylation is 6. The van der Waals surface area contributed by atoms with Gasteiger partial charge in [0, 0.05) is 63.9 Å². The molecule has 0 bridgehead atoms. The third kappa shape index (κ3) is 6.67. The first-order valence-electron chi connectivity index (χ1n) is 21.2. The van der Waals surface area contributed by atoms with Crippen molar-refractivity contribution in [2.75, 3.05) is 19.0 Å². The molecule has 3 aliphatic heterocycles. The van der Waals surface area contributed by atoms with Gasteiger partial charge < -0.3 is 4.90 Å². The van der Waals surface area contributed by atoms with Gasteiger partial charge in [-0.1, -0.05) is 47.6 Å². The number of nitrogens with zero attached hydrogens (tertiary/aromatic N) is 2. The maximum absolute atomic E-state index is 6.68. The molecule has 0 saturated carbocycles. The fraction of sp³-hybridized carbons (Fsp3) is 0.377. The summed E-state index contributed by atoms with van der Waals surface area (Å²) in [5, 5.41) is 5.73. The fourth-order valence-corrected chi connectivity index (χ4v) is 11.0. The minimum absolute atomic E-state index is 0. The summed E-state index contributed by atoms with van der Waals surface area (Å²) in [4.78, 5) is 2.41. The number of rotatable bonds is 4. The lowest BCUT2D eigenvalue weighted by Gasteiger charge is -2.23. The minimum atomic E-state index is -0.591. The molecule has 4 aromatic carbocycles. The van der Waals surface area contributed by atoms with Gasteiger partial charge >= 0.3 is 0 Å². The van der Waals surface area contributed by atoms with Gasteiger partial charge in [-0.2, -0.15) is 4.58 Å². The lowest BCUT2D eigenvalue weighted by atomic mass is 8.90. The molecule has 0 aromatic heterocycles. The quantitative estimate of drug-likeness (QED) is 0.114. The molecule has 0 atom stereocenters. The van der Waals surface area contributed by atoms with E-state index in [1.54, 1.807) is 0 Å². The van der Waals surface area contributed by atoms with Gasteiger partial charge in [-0.05, 0) is 209 Å². The Hall–Kier alpha value is -4.61. The van der Waals surface area contributed by atoms with E-state index < -0.39 is 6.39 Å². The second kappa shape index (κ2) is 16.1. The molecule has 0 unspecified atom stereocenters. The van der Waals surface area contributed by atoms with E-state index in [4.69, 9.17) is 15.5 Å². The Morgan fingerprint density at radius 3 is 1.73 bits per heavy atom. The predicted molar refractivity (Wildman–Crippen MR) is 265 cm³/mol. The average Bonchev–Trinajstić information content (AvgIpc) is 3.65. The van der Waals surface area contributed by atoms with Crippen LogP contribution in [0, 0.1) is 83.1 Å². The van der Waals surface area contributed by atoms with Gasteiger partial charge in [0.05, 0.1) is 6.42 Å². The summed E-state index contributed by atoms with van der Waals surface area (Å²) < 4.78 is 2.45. The Morgan fingerprint density at radius 2 is 1.19 bits per heavy atom. The molecule has 3 aliphatic rings. The minimum Gasteiger partial charge on any atom is -0.347 e. The van der Waals surface area contributed by atoms with Crippen LogP contribution in [0.2, 0.25) is 0 Å². The van der Waals surface area contributed by atoms with Crippen LogP contribution in [-0.2, 0) is 12.8 Å². The largest absolute Gasteiger partial charge is 0.347 e. The van der Waals surface area contributed by atoms with Crippen molar-refractivity contribution in [1.82, 2.24) is 0 Å². The van der Waals surface area contributed by atoms with Crippen LogP contribution in [0.15, 0.2) is 70.1 Å². The molecule has 2 nitrogen and oxygen atoms in total. The number of hydrogen-bond donors (Lipinski definition) is 0. The number of benzene rings is 4. The molecule has 0 fully saturated rings. The van der Waals surface area contributed by atoms with Crippen molar-refractivity contribution in [3.8, 4) is 0 Å². The molecule has 4 aromatic rings. The Balaban J connectivity index is 0.00000585. The van der Waals surface area contributed by atoms with E-state index in [1.807, 2.05) is 0 Å². The van der Waals surface area contributed by atoms with Crippen LogP contribution in [0.1, 0.15) is 105 Å². The van der Waals surface area contributed by atoms with Gasteiger partial charge in [0.15, 0.2) is 12.3 Å². The van der Waals surface area contributed by atoms with E-state index in [0.29, 0.717) is 0 Å². The number of likely N-dealkylation sites (N-methyl/N-ethyl adjacent to an activating group) is 1. The van der Waals surface area contributed by atoms with Crippen molar-refractivity contribution in [2.24, 2.45) is 0 Å². The summed E-state index contributed by atoms with van der Waals surface area (Å²) in [6.45, 7) is 33.5. The Kier molecular flexibility index (Phi) is 12.0. The summed E-state index contributed by atoms with van der Waals surface area (Å²) >= 11 is 0. The summed E-state index contributed by atoms with van der Waals surface area (Å²) in [5.41, 5.74) is 36.0. The van der Waals surface area contributed by atoms with Crippen LogP contribution in [-0.4, -0.2) is 52.8 Å². The molecule has 0 saturated heterocycles. The first-order chi connectivity index (χ1) is 27.3.